The summed E-state index contributed by atoms with van der Waals surface area (Å²) in [7, 11) is -4.43. The van der Waals surface area contributed by atoms with Crippen molar-refractivity contribution in [3.8, 4) is 5.75 Å². The maximum atomic E-state index is 12.2. The van der Waals surface area contributed by atoms with Crippen molar-refractivity contribution >= 4 is 16.0 Å². The van der Waals surface area contributed by atoms with E-state index in [4.69, 9.17) is 5.14 Å². The van der Waals surface area contributed by atoms with Gasteiger partial charge < -0.3 is 9.47 Å². The SMILES string of the molecule is CCOC(=O)c1cccc(OC(F)F)c1S(N)(=O)=O. The number of benzene rings is 1. The molecule has 0 aliphatic rings. The average Bonchev–Trinajstić information content (AvgIpc) is 2.26. The Morgan fingerprint density at radius 2 is 2.05 bits per heavy atom. The number of carbonyl (C=O) groups is 1. The van der Waals surface area contributed by atoms with Crippen molar-refractivity contribution in [1.82, 2.24) is 0 Å². The van der Waals surface area contributed by atoms with Crippen LogP contribution in [-0.2, 0) is 14.8 Å². The Balaban J connectivity index is 3.43. The van der Waals surface area contributed by atoms with E-state index >= 15 is 0 Å². The lowest BCUT2D eigenvalue weighted by Gasteiger charge is -2.12. The van der Waals surface area contributed by atoms with E-state index in [1.54, 1.807) is 0 Å². The second-order valence-electron chi connectivity index (χ2n) is 3.28. The lowest BCUT2D eigenvalue weighted by molar-refractivity contribution is -0.0518. The highest BCUT2D eigenvalue weighted by Crippen LogP contribution is 2.28. The first-order valence-electron chi connectivity index (χ1n) is 5.05. The van der Waals surface area contributed by atoms with Gasteiger partial charge in [-0.3, -0.25) is 0 Å². The number of halogens is 2. The fourth-order valence-corrected chi connectivity index (χ4v) is 2.22. The molecule has 0 saturated heterocycles. The summed E-state index contributed by atoms with van der Waals surface area (Å²) in [6.45, 7) is -1.76. The van der Waals surface area contributed by atoms with E-state index in [0.717, 1.165) is 12.1 Å². The van der Waals surface area contributed by atoms with E-state index in [2.05, 4.69) is 9.47 Å². The highest BCUT2D eigenvalue weighted by molar-refractivity contribution is 7.89. The quantitative estimate of drug-likeness (QED) is 0.821. The monoisotopic (exact) mass is 295 g/mol. The molecule has 9 heteroatoms. The van der Waals surface area contributed by atoms with Crippen molar-refractivity contribution in [2.45, 2.75) is 18.4 Å². The average molecular weight is 295 g/mol. The number of esters is 1. The largest absolute Gasteiger partial charge is 0.462 e. The second-order valence-corrected chi connectivity index (χ2v) is 4.78. The number of nitrogens with two attached hydrogens (primary N) is 1. The molecule has 0 heterocycles. The van der Waals surface area contributed by atoms with E-state index in [0.29, 0.717) is 0 Å². The molecule has 0 atom stereocenters. The van der Waals surface area contributed by atoms with Crippen LogP contribution >= 0.6 is 0 Å². The summed E-state index contributed by atoms with van der Waals surface area (Å²) in [4.78, 5) is 10.7. The summed E-state index contributed by atoms with van der Waals surface area (Å²) in [5, 5.41) is 4.91. The third-order valence-electron chi connectivity index (χ3n) is 1.97. The van der Waals surface area contributed by atoms with Crippen molar-refractivity contribution in [3.05, 3.63) is 23.8 Å². The number of hydrogen-bond donors (Lipinski definition) is 1. The number of sulfonamides is 1. The number of alkyl halides is 2. The summed E-state index contributed by atoms with van der Waals surface area (Å²) in [6.07, 6.45) is 0. The summed E-state index contributed by atoms with van der Waals surface area (Å²) in [5.74, 6) is -1.70. The van der Waals surface area contributed by atoms with Crippen molar-refractivity contribution in [3.63, 3.8) is 0 Å². The first-order chi connectivity index (χ1) is 8.77. The molecule has 0 fully saturated rings. The maximum Gasteiger partial charge on any atom is 0.387 e. The summed E-state index contributed by atoms with van der Waals surface area (Å²) < 4.78 is 55.9. The smallest absolute Gasteiger partial charge is 0.387 e. The highest BCUT2D eigenvalue weighted by atomic mass is 32.2. The van der Waals surface area contributed by atoms with Gasteiger partial charge in [0.1, 0.15) is 10.6 Å². The van der Waals surface area contributed by atoms with Crippen LogP contribution in [0.15, 0.2) is 23.1 Å². The first kappa shape index (κ1) is 15.3. The molecule has 0 unspecified atom stereocenters. The van der Waals surface area contributed by atoms with Crippen molar-refractivity contribution in [2.24, 2.45) is 5.14 Å². The molecular weight excluding hydrogens is 284 g/mol. The molecule has 19 heavy (non-hydrogen) atoms. The first-order valence-corrected chi connectivity index (χ1v) is 6.59. The number of carbonyl (C=O) groups excluding carboxylic acids is 1. The van der Waals surface area contributed by atoms with E-state index in [1.165, 1.54) is 13.0 Å². The van der Waals surface area contributed by atoms with Gasteiger partial charge in [-0.15, -0.1) is 0 Å². The van der Waals surface area contributed by atoms with Gasteiger partial charge in [-0.05, 0) is 19.1 Å². The number of ether oxygens (including phenoxy) is 2. The van der Waals surface area contributed by atoms with Gasteiger partial charge in [-0.25, -0.2) is 18.4 Å². The minimum absolute atomic E-state index is 0.0111. The number of hydrogen-bond acceptors (Lipinski definition) is 5. The van der Waals surface area contributed by atoms with Gasteiger partial charge in [0.25, 0.3) is 0 Å². The Morgan fingerprint density at radius 3 is 2.53 bits per heavy atom. The Bertz CT molecular complexity index is 573. The number of rotatable bonds is 5. The normalized spacial score (nSPS) is 11.4. The fraction of sp³-hybridized carbons (Fsp3) is 0.300. The molecule has 1 aromatic carbocycles. The Hall–Kier alpha value is -1.74. The fourth-order valence-electron chi connectivity index (χ4n) is 1.37. The number of primary sulfonamides is 1. The zero-order chi connectivity index (χ0) is 14.6. The molecule has 0 aromatic heterocycles. The van der Waals surface area contributed by atoms with Crippen LogP contribution in [0.5, 0.6) is 5.75 Å². The minimum atomic E-state index is -4.43. The summed E-state index contributed by atoms with van der Waals surface area (Å²) in [5.41, 5.74) is -0.456. The molecule has 0 bridgehead atoms. The molecule has 106 valence electrons. The van der Waals surface area contributed by atoms with E-state index in [-0.39, 0.29) is 6.61 Å². The highest BCUT2D eigenvalue weighted by Gasteiger charge is 2.26. The molecule has 0 aliphatic heterocycles. The molecule has 0 aliphatic carbocycles. The van der Waals surface area contributed by atoms with E-state index < -0.39 is 38.8 Å². The van der Waals surface area contributed by atoms with Crippen molar-refractivity contribution in [2.75, 3.05) is 6.61 Å². The van der Waals surface area contributed by atoms with Gasteiger partial charge in [0.15, 0.2) is 0 Å². The molecule has 1 rings (SSSR count). The van der Waals surface area contributed by atoms with Crippen LogP contribution in [0.1, 0.15) is 17.3 Å². The second kappa shape index (κ2) is 5.93. The molecule has 0 amide bonds. The van der Waals surface area contributed by atoms with Crippen LogP contribution in [0.3, 0.4) is 0 Å². The Morgan fingerprint density at radius 1 is 1.42 bits per heavy atom. The third-order valence-corrected chi connectivity index (χ3v) is 2.96. The predicted octanol–water partition coefficient (Wildman–Crippen LogP) is 1.11. The molecule has 0 radical (unpaired) electrons. The van der Waals surface area contributed by atoms with Crippen LogP contribution in [0.25, 0.3) is 0 Å². The van der Waals surface area contributed by atoms with Crippen molar-refractivity contribution in [1.29, 1.82) is 0 Å². The van der Waals surface area contributed by atoms with E-state index in [9.17, 15) is 22.0 Å². The topological polar surface area (TPSA) is 95.7 Å². The molecule has 1 aromatic rings. The molecule has 0 spiro atoms. The summed E-state index contributed by atoms with van der Waals surface area (Å²) in [6, 6.07) is 3.24. The van der Waals surface area contributed by atoms with Gasteiger partial charge in [-0.1, -0.05) is 6.07 Å². The Kier molecular flexibility index (Phi) is 4.78. The summed E-state index contributed by atoms with van der Waals surface area (Å²) >= 11 is 0. The van der Waals surface area contributed by atoms with Crippen LogP contribution in [0.4, 0.5) is 8.78 Å². The molecule has 6 nitrogen and oxygen atoms in total. The molecule has 2 N–H and O–H groups in total. The maximum absolute atomic E-state index is 12.2. The minimum Gasteiger partial charge on any atom is -0.462 e. The standard InChI is InChI=1S/C10H11F2NO5S/c1-2-17-9(14)6-4-3-5-7(18-10(11)12)8(6)19(13,15)16/h3-5,10H,2H2,1H3,(H2,13,15,16). The lowest BCUT2D eigenvalue weighted by Crippen LogP contribution is -2.20. The van der Waals surface area contributed by atoms with Crippen LogP contribution in [0, 0.1) is 0 Å². The zero-order valence-electron chi connectivity index (χ0n) is 9.80. The van der Waals surface area contributed by atoms with Gasteiger partial charge in [0.2, 0.25) is 10.0 Å². The van der Waals surface area contributed by atoms with Gasteiger partial charge >= 0.3 is 12.6 Å². The lowest BCUT2D eigenvalue weighted by atomic mass is 10.2. The van der Waals surface area contributed by atoms with Crippen LogP contribution in [0.2, 0.25) is 0 Å². The third kappa shape index (κ3) is 3.86. The van der Waals surface area contributed by atoms with Gasteiger partial charge in [0, 0.05) is 0 Å². The van der Waals surface area contributed by atoms with Crippen LogP contribution < -0.4 is 9.88 Å². The Labute approximate surface area is 108 Å². The van der Waals surface area contributed by atoms with Gasteiger partial charge in [0.05, 0.1) is 12.2 Å². The van der Waals surface area contributed by atoms with Gasteiger partial charge in [-0.2, -0.15) is 8.78 Å². The van der Waals surface area contributed by atoms with E-state index in [1.807, 2.05) is 0 Å². The van der Waals surface area contributed by atoms with Crippen molar-refractivity contribution < 1.29 is 31.5 Å². The molecule has 0 saturated carbocycles. The zero-order valence-corrected chi connectivity index (χ0v) is 10.6. The predicted molar refractivity (Wildman–Crippen MR) is 60.4 cm³/mol. The molecular formula is C10H11F2NO5S. The van der Waals surface area contributed by atoms with Crippen LogP contribution in [-0.4, -0.2) is 27.6 Å².